The van der Waals surface area contributed by atoms with Crippen molar-refractivity contribution in [3.05, 3.63) is 128 Å². The van der Waals surface area contributed by atoms with E-state index in [4.69, 9.17) is 21.8 Å². The average molecular weight is 690 g/mol. The number of halogens is 1. The number of benzene rings is 4. The van der Waals surface area contributed by atoms with Crippen LogP contribution in [-0.4, -0.2) is 31.7 Å². The highest BCUT2D eigenvalue weighted by molar-refractivity contribution is 7.07. The second-order valence-corrected chi connectivity index (χ2v) is 15.5. The van der Waals surface area contributed by atoms with Crippen LogP contribution >= 0.6 is 22.9 Å². The number of fused-ring (bicyclic) bond motifs is 5. The number of aryl methyl sites for hydroxylation is 1. The van der Waals surface area contributed by atoms with E-state index in [2.05, 4.69) is 35.1 Å². The van der Waals surface area contributed by atoms with Crippen LogP contribution in [0.3, 0.4) is 0 Å². The van der Waals surface area contributed by atoms with Crippen LogP contribution in [0.15, 0.2) is 107 Å². The van der Waals surface area contributed by atoms with Crippen molar-refractivity contribution in [3.8, 4) is 28.4 Å². The third-order valence-electron chi connectivity index (χ3n) is 11.6. The fraction of sp³-hybridized carbons (Fsp3) is 0.317. The van der Waals surface area contributed by atoms with E-state index in [1.165, 1.54) is 22.5 Å². The lowest BCUT2D eigenvalue weighted by Gasteiger charge is -2.50. The number of phenolic OH excluding ortho intramolecular Hbond substituents is 2. The summed E-state index contributed by atoms with van der Waals surface area (Å²) in [6, 6.07) is 29.1. The van der Waals surface area contributed by atoms with Gasteiger partial charge in [-0.3, -0.25) is 4.57 Å². The monoisotopic (exact) mass is 689 g/mol. The number of aromatic hydroxyl groups is 2. The number of aliphatic hydroxyl groups excluding tert-OH is 1. The van der Waals surface area contributed by atoms with Gasteiger partial charge in [0.05, 0.1) is 17.5 Å². The molecule has 5 atom stereocenters. The zero-order chi connectivity index (χ0) is 33.7. The van der Waals surface area contributed by atoms with Gasteiger partial charge < -0.3 is 15.3 Å². The van der Waals surface area contributed by atoms with Crippen LogP contribution in [0.4, 0.5) is 0 Å². The zero-order valence-electron chi connectivity index (χ0n) is 27.5. The fourth-order valence-electron chi connectivity index (χ4n) is 8.93. The van der Waals surface area contributed by atoms with E-state index < -0.39 is 0 Å². The molecule has 2 saturated carbocycles. The van der Waals surface area contributed by atoms with Crippen LogP contribution in [0.2, 0.25) is 5.02 Å². The lowest BCUT2D eigenvalue weighted by Crippen LogP contribution is -2.43. The molecule has 4 aromatic carbocycles. The molecule has 49 heavy (non-hydrogen) atoms. The van der Waals surface area contributed by atoms with Crippen molar-refractivity contribution in [2.75, 3.05) is 0 Å². The van der Waals surface area contributed by atoms with Gasteiger partial charge in [0.1, 0.15) is 11.5 Å². The number of aliphatic hydroxyl groups is 1. The molecule has 6 nitrogen and oxygen atoms in total. The van der Waals surface area contributed by atoms with Crippen LogP contribution in [0, 0.1) is 17.3 Å². The maximum absolute atomic E-state index is 11.4. The molecule has 3 N–H and O–H groups in total. The van der Waals surface area contributed by atoms with Crippen molar-refractivity contribution < 1.29 is 15.3 Å². The van der Waals surface area contributed by atoms with Crippen molar-refractivity contribution >= 4 is 28.6 Å². The Morgan fingerprint density at radius 2 is 1.71 bits per heavy atom. The summed E-state index contributed by atoms with van der Waals surface area (Å²) in [4.78, 5) is 0.693. The highest BCUT2D eigenvalue weighted by atomic mass is 35.5. The molecule has 0 bridgehead atoms. The molecular formula is C41H40ClN3O3S. The van der Waals surface area contributed by atoms with Crippen LogP contribution in [0.5, 0.6) is 11.5 Å². The Kier molecular flexibility index (Phi) is 8.47. The lowest BCUT2D eigenvalue weighted by molar-refractivity contribution is -0.0226. The number of aromatic nitrogens is 1. The van der Waals surface area contributed by atoms with Crippen molar-refractivity contribution in [2.45, 2.75) is 63.9 Å². The summed E-state index contributed by atoms with van der Waals surface area (Å²) in [7, 11) is 0. The van der Waals surface area contributed by atoms with E-state index in [0.717, 1.165) is 66.6 Å². The van der Waals surface area contributed by atoms with Gasteiger partial charge in [-0.15, -0.1) is 16.4 Å². The van der Waals surface area contributed by atoms with E-state index in [0.29, 0.717) is 39.7 Å². The summed E-state index contributed by atoms with van der Waals surface area (Å²) in [6.07, 6.45) is 6.35. The molecule has 250 valence electrons. The van der Waals surface area contributed by atoms with Crippen LogP contribution in [0.1, 0.15) is 67.2 Å². The average Bonchev–Trinajstić information content (AvgIpc) is 3.68. The molecule has 0 unspecified atom stereocenters. The second kappa shape index (κ2) is 12.9. The Morgan fingerprint density at radius 1 is 0.939 bits per heavy atom. The molecule has 1 heterocycles. The maximum atomic E-state index is 11.4. The number of hydrogen-bond donors (Lipinski definition) is 3. The minimum absolute atomic E-state index is 0.0175. The maximum Gasteiger partial charge on any atom is 0.215 e. The molecule has 3 aliphatic rings. The first-order valence-electron chi connectivity index (χ1n) is 17.2. The molecule has 0 aliphatic heterocycles. The lowest BCUT2D eigenvalue weighted by atomic mass is 9.55. The third-order valence-corrected chi connectivity index (χ3v) is 12.6. The number of phenols is 2. The van der Waals surface area contributed by atoms with Crippen LogP contribution in [-0.2, 0) is 12.8 Å². The first kappa shape index (κ1) is 32.1. The van der Waals surface area contributed by atoms with E-state index >= 15 is 0 Å². The zero-order valence-corrected chi connectivity index (χ0v) is 29.0. The Balaban J connectivity index is 1.20. The molecule has 3 aliphatic carbocycles. The molecule has 0 radical (unpaired) electrons. The van der Waals surface area contributed by atoms with Gasteiger partial charge in [0, 0.05) is 28.1 Å². The first-order chi connectivity index (χ1) is 23.8. The van der Waals surface area contributed by atoms with E-state index in [9.17, 15) is 15.3 Å². The van der Waals surface area contributed by atoms with Crippen LogP contribution in [0.25, 0.3) is 16.9 Å². The summed E-state index contributed by atoms with van der Waals surface area (Å²) in [5.41, 5.74) is 7.92. The second-order valence-electron chi connectivity index (χ2n) is 14.2. The van der Waals surface area contributed by atoms with Crippen molar-refractivity contribution in [1.29, 1.82) is 0 Å². The van der Waals surface area contributed by atoms with E-state index in [1.807, 2.05) is 60.7 Å². The van der Waals surface area contributed by atoms with Crippen molar-refractivity contribution in [1.82, 2.24) is 4.57 Å². The molecule has 2 fully saturated rings. The predicted molar refractivity (Wildman–Crippen MR) is 197 cm³/mol. The Morgan fingerprint density at radius 3 is 2.49 bits per heavy atom. The van der Waals surface area contributed by atoms with E-state index in [1.54, 1.807) is 12.1 Å². The van der Waals surface area contributed by atoms with Gasteiger partial charge in [-0.2, -0.15) is 5.10 Å². The summed E-state index contributed by atoms with van der Waals surface area (Å²) in [5.74, 6) is 1.99. The minimum Gasteiger partial charge on any atom is -0.508 e. The third kappa shape index (κ3) is 5.92. The molecule has 5 aromatic rings. The molecule has 8 heteroatoms. The molecule has 0 amide bonds. The normalized spacial score (nSPS) is 25.1. The van der Waals surface area contributed by atoms with Gasteiger partial charge >= 0.3 is 0 Å². The van der Waals surface area contributed by atoms with Crippen molar-refractivity contribution in [3.63, 3.8) is 0 Å². The van der Waals surface area contributed by atoms with Crippen molar-refractivity contribution in [2.24, 2.45) is 27.5 Å². The molecule has 0 saturated heterocycles. The highest BCUT2D eigenvalue weighted by Gasteiger charge is 2.54. The summed E-state index contributed by atoms with van der Waals surface area (Å²) < 4.78 is 2.08. The molecule has 1 aromatic heterocycles. The summed E-state index contributed by atoms with van der Waals surface area (Å²) in [6.45, 7) is 2.31. The fourth-order valence-corrected chi connectivity index (χ4v) is 9.91. The Hall–Kier alpha value is -4.17. The Labute approximate surface area is 295 Å². The minimum atomic E-state index is -0.200. The largest absolute Gasteiger partial charge is 0.508 e. The summed E-state index contributed by atoms with van der Waals surface area (Å²) >= 11 is 7.76. The quantitative estimate of drug-likeness (QED) is 0.123. The topological polar surface area (TPSA) is 90.3 Å². The molecule has 8 rings (SSSR count). The number of hydrogen-bond acceptors (Lipinski definition) is 6. The van der Waals surface area contributed by atoms with Gasteiger partial charge in [-0.05, 0) is 139 Å². The number of rotatable bonds is 6. The standard InChI is InChI=1S/C41H40ClN3O3S/c1-41-20-19-32-33(35(41)17-18-39(41)48)16-9-27-23-38(47)28(21-34(27)32)22-36(25-7-14-31(46)15-8-25)43-44-40-45(30-12-10-29(42)11-13-30)37(24-49-40)26-5-3-2-4-6-26/h2-8,10-15,21,23-24,32-33,35,39,46-48H,9,16-20,22H2,1H3/b43-36-,44-40+/t32-,33+,35-,39-,41-/m0/s1. The number of nitrogens with zero attached hydrogens (tertiary/aromatic N) is 3. The van der Waals surface area contributed by atoms with Gasteiger partial charge in [0.25, 0.3) is 0 Å². The molecule has 0 spiro atoms. The van der Waals surface area contributed by atoms with Gasteiger partial charge in [0.15, 0.2) is 0 Å². The van der Waals surface area contributed by atoms with E-state index in [-0.39, 0.29) is 23.0 Å². The highest BCUT2D eigenvalue weighted by Crippen LogP contribution is 2.61. The molecular weight excluding hydrogens is 650 g/mol. The number of thiazole rings is 1. The smallest absolute Gasteiger partial charge is 0.215 e. The van der Waals surface area contributed by atoms with Gasteiger partial charge in [0.2, 0.25) is 4.80 Å². The first-order valence-corrected chi connectivity index (χ1v) is 18.5. The van der Waals surface area contributed by atoms with Gasteiger partial charge in [-0.1, -0.05) is 54.9 Å². The van der Waals surface area contributed by atoms with Crippen LogP contribution < -0.4 is 4.80 Å². The SMILES string of the molecule is C[C@]12CC[C@@H]3c4cc(C/C(=N/N=c5/scc(-c6ccccc6)n5-c5ccc(Cl)cc5)c5ccc(O)cc5)c(O)cc4CC[C@H]3[C@@H]1CC[C@@H]2O. The Bertz CT molecular complexity index is 2090. The van der Waals surface area contributed by atoms with Gasteiger partial charge in [-0.25, -0.2) is 0 Å². The summed E-state index contributed by atoms with van der Waals surface area (Å²) in [5, 5.41) is 44.8. The predicted octanol–water partition coefficient (Wildman–Crippen LogP) is 9.04.